The molecule has 3 aromatic rings. The van der Waals surface area contributed by atoms with Crippen molar-refractivity contribution in [3.63, 3.8) is 0 Å². The molecule has 0 atom stereocenters. The predicted molar refractivity (Wildman–Crippen MR) is 124 cm³/mol. The maximum absolute atomic E-state index is 12.8. The Labute approximate surface area is 187 Å². The number of nitrogens with zero attached hydrogens (tertiary/aromatic N) is 3. The number of nitro groups is 1. The highest BCUT2D eigenvalue weighted by Gasteiger charge is 2.29. The normalized spacial score (nSPS) is 14.8. The van der Waals surface area contributed by atoms with Gasteiger partial charge in [0.25, 0.3) is 5.69 Å². The monoisotopic (exact) mass is 452 g/mol. The van der Waals surface area contributed by atoms with E-state index in [1.165, 1.54) is 10.4 Å². The molecule has 1 saturated heterocycles. The average molecular weight is 453 g/mol. The second-order valence-electron chi connectivity index (χ2n) is 7.50. The van der Waals surface area contributed by atoms with E-state index in [9.17, 15) is 18.5 Å². The Morgan fingerprint density at radius 1 is 0.875 bits per heavy atom. The molecular formula is C23H24N4O4S. The molecule has 1 aliphatic heterocycles. The molecule has 4 rings (SSSR count). The highest BCUT2D eigenvalue weighted by atomic mass is 32.2. The van der Waals surface area contributed by atoms with E-state index in [1.54, 1.807) is 42.5 Å². The summed E-state index contributed by atoms with van der Waals surface area (Å²) in [6, 6.07) is 23.1. The Bertz CT molecular complexity index is 1180. The van der Waals surface area contributed by atoms with Crippen molar-refractivity contribution in [2.24, 2.45) is 0 Å². The molecule has 1 N–H and O–H groups in total. The van der Waals surface area contributed by atoms with Crippen molar-refractivity contribution >= 4 is 27.1 Å². The van der Waals surface area contributed by atoms with Crippen LogP contribution in [0.2, 0.25) is 0 Å². The van der Waals surface area contributed by atoms with E-state index < -0.39 is 14.9 Å². The van der Waals surface area contributed by atoms with Gasteiger partial charge in [-0.05, 0) is 29.8 Å². The lowest BCUT2D eigenvalue weighted by Crippen LogP contribution is -2.48. The lowest BCUT2D eigenvalue weighted by atomic mass is 10.2. The molecule has 0 unspecified atom stereocenters. The second-order valence-corrected chi connectivity index (χ2v) is 9.44. The van der Waals surface area contributed by atoms with E-state index in [0.717, 1.165) is 11.3 Å². The molecule has 9 heteroatoms. The van der Waals surface area contributed by atoms with E-state index in [1.807, 2.05) is 30.3 Å². The van der Waals surface area contributed by atoms with Gasteiger partial charge in [-0.3, -0.25) is 10.1 Å². The van der Waals surface area contributed by atoms with Crippen molar-refractivity contribution in [2.75, 3.05) is 36.4 Å². The maximum Gasteiger partial charge on any atom is 0.292 e. The smallest absolute Gasteiger partial charge is 0.292 e. The van der Waals surface area contributed by atoms with Gasteiger partial charge in [-0.2, -0.15) is 4.31 Å². The van der Waals surface area contributed by atoms with Crippen LogP contribution < -0.4 is 10.2 Å². The molecular weight excluding hydrogens is 428 g/mol. The number of rotatable bonds is 7. The Morgan fingerprint density at radius 2 is 1.50 bits per heavy atom. The molecule has 0 saturated carbocycles. The number of anilines is 2. The van der Waals surface area contributed by atoms with Crippen LogP contribution in [0, 0.1) is 10.1 Å². The highest BCUT2D eigenvalue weighted by molar-refractivity contribution is 7.89. The number of piperazine rings is 1. The fourth-order valence-corrected chi connectivity index (χ4v) is 5.19. The largest absolute Gasteiger partial charge is 0.375 e. The first-order chi connectivity index (χ1) is 15.4. The lowest BCUT2D eigenvalue weighted by Gasteiger charge is -2.35. The summed E-state index contributed by atoms with van der Waals surface area (Å²) in [5.74, 6) is 0. The fraction of sp³-hybridized carbons (Fsp3) is 0.217. The van der Waals surface area contributed by atoms with Crippen LogP contribution in [0.4, 0.5) is 17.1 Å². The summed E-state index contributed by atoms with van der Waals surface area (Å²) < 4.78 is 27.2. The van der Waals surface area contributed by atoms with E-state index in [0.29, 0.717) is 38.4 Å². The molecule has 1 fully saturated rings. The summed E-state index contributed by atoms with van der Waals surface area (Å²) in [6.45, 7) is 2.17. The number of hydrogen-bond donors (Lipinski definition) is 1. The molecule has 0 spiro atoms. The molecule has 0 amide bonds. The van der Waals surface area contributed by atoms with Crippen LogP contribution in [-0.2, 0) is 16.6 Å². The van der Waals surface area contributed by atoms with E-state index >= 15 is 0 Å². The minimum atomic E-state index is -3.53. The molecule has 32 heavy (non-hydrogen) atoms. The minimum Gasteiger partial charge on any atom is -0.375 e. The molecule has 0 aliphatic carbocycles. The van der Waals surface area contributed by atoms with Crippen LogP contribution in [0.1, 0.15) is 5.56 Å². The third-order valence-corrected chi connectivity index (χ3v) is 7.40. The van der Waals surface area contributed by atoms with Crippen LogP contribution in [-0.4, -0.2) is 43.8 Å². The Balaban J connectivity index is 1.48. The van der Waals surface area contributed by atoms with Gasteiger partial charge in [-0.25, -0.2) is 8.42 Å². The van der Waals surface area contributed by atoms with Crippen molar-refractivity contribution in [3.05, 3.63) is 94.5 Å². The molecule has 3 aromatic carbocycles. The first-order valence-corrected chi connectivity index (χ1v) is 11.8. The third kappa shape index (κ3) is 4.74. The van der Waals surface area contributed by atoms with Crippen molar-refractivity contribution in [1.29, 1.82) is 0 Å². The second kappa shape index (κ2) is 9.37. The van der Waals surface area contributed by atoms with E-state index in [4.69, 9.17) is 0 Å². The van der Waals surface area contributed by atoms with Crippen LogP contribution >= 0.6 is 0 Å². The molecule has 166 valence electrons. The fourth-order valence-electron chi connectivity index (χ4n) is 3.74. The van der Waals surface area contributed by atoms with Crippen LogP contribution in [0.25, 0.3) is 0 Å². The first-order valence-electron chi connectivity index (χ1n) is 10.3. The van der Waals surface area contributed by atoms with Crippen molar-refractivity contribution < 1.29 is 13.3 Å². The van der Waals surface area contributed by atoms with Crippen LogP contribution in [0.5, 0.6) is 0 Å². The van der Waals surface area contributed by atoms with E-state index in [2.05, 4.69) is 10.2 Å². The SMILES string of the molecule is O=[N+]([O-])c1ccc(N2CCN(S(=O)(=O)c3ccccc3)CC2)cc1NCc1ccccc1. The number of hydrogen-bond acceptors (Lipinski definition) is 6. The lowest BCUT2D eigenvalue weighted by molar-refractivity contribution is -0.384. The van der Waals surface area contributed by atoms with Gasteiger partial charge in [-0.15, -0.1) is 0 Å². The molecule has 1 heterocycles. The number of nitro benzene ring substituents is 1. The topological polar surface area (TPSA) is 95.8 Å². The zero-order valence-corrected chi connectivity index (χ0v) is 18.2. The molecule has 0 aromatic heterocycles. The van der Waals surface area contributed by atoms with E-state index in [-0.39, 0.29) is 10.6 Å². The van der Waals surface area contributed by atoms with Gasteiger partial charge in [0.05, 0.1) is 9.82 Å². The van der Waals surface area contributed by atoms with Gasteiger partial charge < -0.3 is 10.2 Å². The van der Waals surface area contributed by atoms with Gasteiger partial charge in [-0.1, -0.05) is 48.5 Å². The molecule has 0 radical (unpaired) electrons. The Hall–Kier alpha value is -3.43. The van der Waals surface area contributed by atoms with Crippen molar-refractivity contribution in [2.45, 2.75) is 11.4 Å². The predicted octanol–water partition coefficient (Wildman–Crippen LogP) is 3.72. The summed E-state index contributed by atoms with van der Waals surface area (Å²) in [5, 5.41) is 14.7. The summed E-state index contributed by atoms with van der Waals surface area (Å²) in [5.41, 5.74) is 2.29. The summed E-state index contributed by atoms with van der Waals surface area (Å²) in [6.07, 6.45) is 0. The van der Waals surface area contributed by atoms with Crippen LogP contribution in [0.3, 0.4) is 0 Å². The number of nitrogens with one attached hydrogen (secondary N) is 1. The number of benzene rings is 3. The first kappa shape index (κ1) is 21.8. The van der Waals surface area contributed by atoms with Crippen molar-refractivity contribution in [3.8, 4) is 0 Å². The molecule has 0 bridgehead atoms. The van der Waals surface area contributed by atoms with Gasteiger partial charge in [0.2, 0.25) is 10.0 Å². The third-order valence-electron chi connectivity index (χ3n) is 5.49. The molecule has 1 aliphatic rings. The Morgan fingerprint density at radius 3 is 2.12 bits per heavy atom. The van der Waals surface area contributed by atoms with Gasteiger partial charge >= 0.3 is 0 Å². The van der Waals surface area contributed by atoms with Crippen molar-refractivity contribution in [1.82, 2.24) is 4.31 Å². The van der Waals surface area contributed by atoms with Gasteiger partial charge in [0, 0.05) is 44.5 Å². The molecule has 8 nitrogen and oxygen atoms in total. The Kier molecular flexibility index (Phi) is 6.38. The maximum atomic E-state index is 12.8. The summed E-state index contributed by atoms with van der Waals surface area (Å²) in [7, 11) is -3.53. The average Bonchev–Trinajstić information content (AvgIpc) is 2.84. The summed E-state index contributed by atoms with van der Waals surface area (Å²) in [4.78, 5) is 13.4. The standard InChI is InChI=1S/C23H24N4O4S/c28-27(29)23-12-11-20(17-22(23)24-18-19-7-3-1-4-8-19)25-13-15-26(16-14-25)32(30,31)21-9-5-2-6-10-21/h1-12,17,24H,13-16,18H2. The number of sulfonamides is 1. The highest BCUT2D eigenvalue weighted by Crippen LogP contribution is 2.31. The summed E-state index contributed by atoms with van der Waals surface area (Å²) >= 11 is 0. The van der Waals surface area contributed by atoms with Crippen LogP contribution in [0.15, 0.2) is 83.8 Å². The van der Waals surface area contributed by atoms with Gasteiger partial charge in [0.15, 0.2) is 0 Å². The minimum absolute atomic E-state index is 0.00923. The zero-order chi connectivity index (χ0) is 22.6. The van der Waals surface area contributed by atoms with Gasteiger partial charge in [0.1, 0.15) is 5.69 Å². The zero-order valence-electron chi connectivity index (χ0n) is 17.4. The quantitative estimate of drug-likeness (QED) is 0.434.